The highest BCUT2D eigenvalue weighted by atomic mass is 35.5. The third-order valence-corrected chi connectivity index (χ3v) is 3.09. The second-order valence-corrected chi connectivity index (χ2v) is 4.79. The van der Waals surface area contributed by atoms with Crippen LogP contribution in [0, 0.1) is 0 Å². The van der Waals surface area contributed by atoms with Gasteiger partial charge in [-0.3, -0.25) is 4.79 Å². The van der Waals surface area contributed by atoms with Crippen LogP contribution in [0.1, 0.15) is 34.6 Å². The van der Waals surface area contributed by atoms with E-state index in [4.69, 9.17) is 16.0 Å². The maximum atomic E-state index is 12.5. The van der Waals surface area contributed by atoms with Crippen molar-refractivity contribution in [1.82, 2.24) is 5.32 Å². The molecule has 1 N–H and O–H groups in total. The van der Waals surface area contributed by atoms with Crippen molar-refractivity contribution in [3.8, 4) is 0 Å². The third-order valence-electron chi connectivity index (χ3n) is 2.88. The van der Waals surface area contributed by atoms with Gasteiger partial charge in [0.15, 0.2) is 11.0 Å². The number of hydrogen-bond donors (Lipinski definition) is 1. The minimum Gasteiger partial charge on any atom is -0.440 e. The molecule has 0 aliphatic heterocycles. The predicted molar refractivity (Wildman–Crippen MR) is 71.0 cm³/mol. The van der Waals surface area contributed by atoms with Gasteiger partial charge in [0.1, 0.15) is 0 Å². The third kappa shape index (κ3) is 3.78. The Morgan fingerprint density at radius 2 is 1.81 bits per heavy atom. The molecular formula is C14H11ClF3NO2. The smallest absolute Gasteiger partial charge is 0.416 e. The van der Waals surface area contributed by atoms with Crippen molar-refractivity contribution in [2.75, 3.05) is 0 Å². The number of benzene rings is 1. The van der Waals surface area contributed by atoms with E-state index in [0.717, 1.165) is 12.1 Å². The summed E-state index contributed by atoms with van der Waals surface area (Å²) in [6.07, 6.45) is -4.38. The summed E-state index contributed by atoms with van der Waals surface area (Å²) in [5.41, 5.74) is -0.184. The van der Waals surface area contributed by atoms with Gasteiger partial charge in [-0.1, -0.05) is 12.1 Å². The molecule has 1 atom stereocenters. The largest absolute Gasteiger partial charge is 0.440 e. The summed E-state index contributed by atoms with van der Waals surface area (Å²) in [7, 11) is 0. The van der Waals surface area contributed by atoms with Gasteiger partial charge in [-0.05, 0) is 48.4 Å². The molecule has 0 bridgehead atoms. The van der Waals surface area contributed by atoms with Crippen LogP contribution < -0.4 is 5.32 Å². The number of furan rings is 1. The first-order chi connectivity index (χ1) is 9.77. The van der Waals surface area contributed by atoms with Crippen LogP contribution in [0.25, 0.3) is 0 Å². The zero-order valence-electron chi connectivity index (χ0n) is 10.9. The van der Waals surface area contributed by atoms with Gasteiger partial charge in [-0.15, -0.1) is 0 Å². The highest BCUT2D eigenvalue weighted by Crippen LogP contribution is 2.29. The number of carbonyl (C=O) groups excluding carboxylic acids is 1. The van der Waals surface area contributed by atoms with Crippen LogP contribution in [0.15, 0.2) is 40.8 Å². The lowest BCUT2D eigenvalue weighted by Gasteiger charge is -2.14. The SMILES string of the molecule is CC(NC(=O)c1ccc(Cl)o1)c1ccc(C(F)(F)F)cc1. The molecule has 0 aliphatic rings. The maximum absolute atomic E-state index is 12.5. The quantitative estimate of drug-likeness (QED) is 0.909. The number of hydrogen-bond acceptors (Lipinski definition) is 2. The fourth-order valence-electron chi connectivity index (χ4n) is 1.75. The van der Waals surface area contributed by atoms with E-state index in [1.807, 2.05) is 0 Å². The number of halogens is 4. The van der Waals surface area contributed by atoms with E-state index in [0.29, 0.717) is 5.56 Å². The van der Waals surface area contributed by atoms with Crippen LogP contribution in [-0.4, -0.2) is 5.91 Å². The second-order valence-electron chi connectivity index (χ2n) is 4.42. The Kier molecular flexibility index (Phi) is 4.27. The Labute approximate surface area is 123 Å². The van der Waals surface area contributed by atoms with Crippen LogP contribution in [0.5, 0.6) is 0 Å². The molecule has 7 heteroatoms. The van der Waals surface area contributed by atoms with Gasteiger partial charge in [0.25, 0.3) is 5.91 Å². The minimum absolute atomic E-state index is 0.0405. The highest BCUT2D eigenvalue weighted by Gasteiger charge is 2.30. The molecule has 3 nitrogen and oxygen atoms in total. The summed E-state index contributed by atoms with van der Waals surface area (Å²) in [6.45, 7) is 1.66. The van der Waals surface area contributed by atoms with E-state index in [2.05, 4.69) is 5.32 Å². The van der Waals surface area contributed by atoms with E-state index in [1.165, 1.54) is 24.3 Å². The van der Waals surface area contributed by atoms with Gasteiger partial charge >= 0.3 is 6.18 Å². The fourth-order valence-corrected chi connectivity index (χ4v) is 1.89. The second kappa shape index (κ2) is 5.81. The van der Waals surface area contributed by atoms with Crippen molar-refractivity contribution < 1.29 is 22.4 Å². The molecule has 0 saturated heterocycles. The molecular weight excluding hydrogens is 307 g/mol. The van der Waals surface area contributed by atoms with E-state index >= 15 is 0 Å². The zero-order valence-corrected chi connectivity index (χ0v) is 11.6. The molecule has 0 spiro atoms. The summed E-state index contributed by atoms with van der Waals surface area (Å²) in [4.78, 5) is 11.8. The number of amides is 1. The Morgan fingerprint density at radius 3 is 2.29 bits per heavy atom. The lowest BCUT2D eigenvalue weighted by atomic mass is 10.1. The van der Waals surface area contributed by atoms with Crippen LogP contribution in [0.3, 0.4) is 0 Å². The Morgan fingerprint density at radius 1 is 1.19 bits per heavy atom. The van der Waals surface area contributed by atoms with Crippen molar-refractivity contribution in [2.24, 2.45) is 0 Å². The van der Waals surface area contributed by atoms with E-state index in [9.17, 15) is 18.0 Å². The van der Waals surface area contributed by atoms with Gasteiger partial charge in [0.2, 0.25) is 0 Å². The average Bonchev–Trinajstić information content (AvgIpc) is 2.84. The lowest BCUT2D eigenvalue weighted by Crippen LogP contribution is -2.26. The van der Waals surface area contributed by atoms with Crippen LogP contribution >= 0.6 is 11.6 Å². The summed E-state index contributed by atoms with van der Waals surface area (Å²) in [5.74, 6) is -0.451. The molecule has 2 aromatic rings. The topological polar surface area (TPSA) is 42.2 Å². The van der Waals surface area contributed by atoms with E-state index in [1.54, 1.807) is 6.92 Å². The molecule has 2 rings (SSSR count). The van der Waals surface area contributed by atoms with Crippen LogP contribution in [-0.2, 0) is 6.18 Å². The molecule has 1 heterocycles. The van der Waals surface area contributed by atoms with Crippen molar-refractivity contribution in [2.45, 2.75) is 19.1 Å². The van der Waals surface area contributed by atoms with Gasteiger partial charge in [-0.25, -0.2) is 0 Å². The standard InChI is InChI=1S/C14H11ClF3NO2/c1-8(19-13(20)11-6-7-12(15)21-11)9-2-4-10(5-3-9)14(16,17)18/h2-8H,1H3,(H,19,20). The molecule has 0 fully saturated rings. The predicted octanol–water partition coefficient (Wildman–Crippen LogP) is 4.44. The van der Waals surface area contributed by atoms with E-state index in [-0.39, 0.29) is 11.0 Å². The van der Waals surface area contributed by atoms with Gasteiger partial charge in [-0.2, -0.15) is 13.2 Å². The molecule has 1 aromatic heterocycles. The first-order valence-electron chi connectivity index (χ1n) is 6.01. The highest BCUT2D eigenvalue weighted by molar-refractivity contribution is 6.29. The monoisotopic (exact) mass is 317 g/mol. The minimum atomic E-state index is -4.38. The molecule has 1 amide bonds. The molecule has 1 unspecified atom stereocenters. The van der Waals surface area contributed by atoms with Crippen LogP contribution in [0.2, 0.25) is 5.22 Å². The average molecular weight is 318 g/mol. The Hall–Kier alpha value is -1.95. The van der Waals surface area contributed by atoms with Gasteiger partial charge < -0.3 is 9.73 Å². The first kappa shape index (κ1) is 15.4. The first-order valence-corrected chi connectivity index (χ1v) is 6.38. The summed E-state index contributed by atoms with van der Waals surface area (Å²) < 4.78 is 42.3. The molecule has 0 saturated carbocycles. The van der Waals surface area contributed by atoms with Crippen molar-refractivity contribution in [1.29, 1.82) is 0 Å². The maximum Gasteiger partial charge on any atom is 0.416 e. The Bertz CT molecular complexity index is 634. The zero-order chi connectivity index (χ0) is 15.6. The van der Waals surface area contributed by atoms with Gasteiger partial charge in [0.05, 0.1) is 11.6 Å². The molecule has 0 radical (unpaired) electrons. The van der Waals surface area contributed by atoms with Gasteiger partial charge in [0, 0.05) is 0 Å². The van der Waals surface area contributed by atoms with Crippen molar-refractivity contribution in [3.05, 3.63) is 58.5 Å². The van der Waals surface area contributed by atoms with Crippen molar-refractivity contribution >= 4 is 17.5 Å². The summed E-state index contributed by atoms with van der Waals surface area (Å²) in [6, 6.07) is 6.97. The number of nitrogens with one attached hydrogen (secondary N) is 1. The number of carbonyl (C=O) groups is 1. The van der Waals surface area contributed by atoms with Crippen molar-refractivity contribution in [3.63, 3.8) is 0 Å². The Balaban J connectivity index is 2.06. The molecule has 21 heavy (non-hydrogen) atoms. The summed E-state index contributed by atoms with van der Waals surface area (Å²) >= 11 is 5.56. The van der Waals surface area contributed by atoms with E-state index < -0.39 is 23.7 Å². The normalized spacial score (nSPS) is 13.0. The molecule has 1 aromatic carbocycles. The lowest BCUT2D eigenvalue weighted by molar-refractivity contribution is -0.137. The molecule has 112 valence electrons. The molecule has 0 aliphatic carbocycles. The number of rotatable bonds is 3. The fraction of sp³-hybridized carbons (Fsp3) is 0.214. The van der Waals surface area contributed by atoms with Crippen LogP contribution in [0.4, 0.5) is 13.2 Å². The number of alkyl halides is 3. The summed E-state index contributed by atoms with van der Waals surface area (Å²) in [5, 5.41) is 2.70.